The fraction of sp³-hybridized carbons (Fsp3) is 0.258. The molecule has 3 aromatic carbocycles. The van der Waals surface area contributed by atoms with Crippen molar-refractivity contribution in [2.45, 2.75) is 25.9 Å². The summed E-state index contributed by atoms with van der Waals surface area (Å²) >= 11 is 0. The third-order valence-electron chi connectivity index (χ3n) is 7.04. The van der Waals surface area contributed by atoms with Crippen LogP contribution in [0.1, 0.15) is 30.5 Å². The van der Waals surface area contributed by atoms with Gasteiger partial charge in [0.05, 0.1) is 38.8 Å². The van der Waals surface area contributed by atoms with Crippen LogP contribution in [0.25, 0.3) is 16.5 Å². The van der Waals surface area contributed by atoms with Crippen LogP contribution in [0.2, 0.25) is 0 Å². The zero-order valence-corrected chi connectivity index (χ0v) is 22.7. The molecular formula is C31H31N3O6. The number of aliphatic hydroxyl groups excluding tert-OH is 1. The topological polar surface area (TPSA) is 103 Å². The highest BCUT2D eigenvalue weighted by Crippen LogP contribution is 2.42. The number of hydrogen-bond acceptors (Lipinski definition) is 7. The number of aryl methyl sites for hydroxylation is 1. The zero-order chi connectivity index (χ0) is 28.2. The molecule has 9 heteroatoms. The van der Waals surface area contributed by atoms with Crippen LogP contribution in [0, 0.1) is 0 Å². The molecule has 40 heavy (non-hydrogen) atoms. The Kier molecular flexibility index (Phi) is 7.72. The summed E-state index contributed by atoms with van der Waals surface area (Å²) in [5.41, 5.74) is 1.11. The van der Waals surface area contributed by atoms with E-state index in [2.05, 4.69) is 4.98 Å². The molecule has 4 aromatic rings. The number of aromatic nitrogens is 2. The number of carbonyl (C=O) groups excluding carboxylic acids is 2. The van der Waals surface area contributed by atoms with Crippen molar-refractivity contribution in [2.24, 2.45) is 0 Å². The maximum Gasteiger partial charge on any atom is 0.295 e. The number of Topliss-reactive ketones (excluding diaryl/α,β-unsaturated/α-hetero) is 1. The molecule has 0 radical (unpaired) electrons. The molecule has 0 saturated carbocycles. The molecule has 5 rings (SSSR count). The molecule has 1 fully saturated rings. The standard InChI is InChI=1S/C31H31N3O6/c1-4-40-25-11-9-22(18-26(25)39-3)28-27(30(36)31(37)34(28)14-5-13-33-15-12-32-19-33)29(35)23-7-6-21-17-24(38-2)10-8-20(21)16-23/h6-12,15-19,28,35H,4-5,13-14H2,1-3H3/b29-27+. The SMILES string of the molecule is CCOc1ccc(C2/C(=C(\O)c3ccc4cc(OC)ccc4c3)C(=O)C(=O)N2CCCn2ccnc2)cc1OC. The normalized spacial score (nSPS) is 16.5. The van der Waals surface area contributed by atoms with Crippen molar-refractivity contribution < 1.29 is 28.9 Å². The van der Waals surface area contributed by atoms with E-state index in [0.717, 1.165) is 16.5 Å². The highest BCUT2D eigenvalue weighted by Gasteiger charge is 2.46. The van der Waals surface area contributed by atoms with E-state index in [0.29, 0.717) is 48.7 Å². The van der Waals surface area contributed by atoms with Gasteiger partial charge in [0.1, 0.15) is 11.5 Å². The minimum Gasteiger partial charge on any atom is -0.507 e. The predicted octanol–water partition coefficient (Wildman–Crippen LogP) is 4.96. The van der Waals surface area contributed by atoms with Crippen LogP contribution in [0.3, 0.4) is 0 Å². The first-order valence-electron chi connectivity index (χ1n) is 13.1. The fourth-order valence-corrected chi connectivity index (χ4v) is 5.08. The number of methoxy groups -OCH3 is 2. The number of likely N-dealkylation sites (tertiary alicyclic amines) is 1. The molecule has 1 unspecified atom stereocenters. The van der Waals surface area contributed by atoms with E-state index >= 15 is 0 Å². The van der Waals surface area contributed by atoms with Crippen molar-refractivity contribution in [3.05, 3.63) is 90.0 Å². The first-order chi connectivity index (χ1) is 19.4. The Balaban J connectivity index is 1.58. The maximum absolute atomic E-state index is 13.5. The lowest BCUT2D eigenvalue weighted by Gasteiger charge is -2.26. The summed E-state index contributed by atoms with van der Waals surface area (Å²) in [6.07, 6.45) is 5.83. The number of fused-ring (bicyclic) bond motifs is 1. The van der Waals surface area contributed by atoms with Gasteiger partial charge in [0.25, 0.3) is 11.7 Å². The second-order valence-corrected chi connectivity index (χ2v) is 9.42. The lowest BCUT2D eigenvalue weighted by Crippen LogP contribution is -2.31. The number of carbonyl (C=O) groups is 2. The average Bonchev–Trinajstić information content (AvgIpc) is 3.59. The van der Waals surface area contributed by atoms with Gasteiger partial charge < -0.3 is 28.8 Å². The third kappa shape index (κ3) is 5.10. The minimum absolute atomic E-state index is 0.0340. The molecule has 1 amide bonds. The maximum atomic E-state index is 13.5. The molecule has 206 valence electrons. The summed E-state index contributed by atoms with van der Waals surface area (Å²) in [6, 6.07) is 15.5. The van der Waals surface area contributed by atoms with Gasteiger partial charge in [-0.2, -0.15) is 0 Å². The predicted molar refractivity (Wildman–Crippen MR) is 151 cm³/mol. The third-order valence-corrected chi connectivity index (χ3v) is 7.04. The van der Waals surface area contributed by atoms with Crippen molar-refractivity contribution >= 4 is 28.2 Å². The second kappa shape index (κ2) is 11.5. The van der Waals surface area contributed by atoms with Crippen molar-refractivity contribution in [3.8, 4) is 17.2 Å². The highest BCUT2D eigenvalue weighted by atomic mass is 16.5. The number of aliphatic hydroxyl groups is 1. The molecule has 0 spiro atoms. The highest BCUT2D eigenvalue weighted by molar-refractivity contribution is 6.46. The van der Waals surface area contributed by atoms with E-state index in [-0.39, 0.29) is 11.3 Å². The molecule has 1 saturated heterocycles. The summed E-state index contributed by atoms with van der Waals surface area (Å²) in [5, 5.41) is 13.3. The zero-order valence-electron chi connectivity index (χ0n) is 22.7. The molecule has 1 aliphatic rings. The van der Waals surface area contributed by atoms with Crippen LogP contribution in [0.4, 0.5) is 0 Å². The quantitative estimate of drug-likeness (QED) is 0.172. The van der Waals surface area contributed by atoms with Gasteiger partial charge in [-0.05, 0) is 60.0 Å². The summed E-state index contributed by atoms with van der Waals surface area (Å²) in [5.74, 6) is 0.128. The largest absolute Gasteiger partial charge is 0.507 e. The van der Waals surface area contributed by atoms with Crippen molar-refractivity contribution in [1.29, 1.82) is 0 Å². The van der Waals surface area contributed by atoms with Gasteiger partial charge in [-0.1, -0.05) is 24.3 Å². The minimum atomic E-state index is -0.807. The van der Waals surface area contributed by atoms with E-state index < -0.39 is 17.7 Å². The molecular weight excluding hydrogens is 510 g/mol. The van der Waals surface area contributed by atoms with E-state index in [1.165, 1.54) is 12.0 Å². The van der Waals surface area contributed by atoms with Gasteiger partial charge in [0.2, 0.25) is 0 Å². The lowest BCUT2D eigenvalue weighted by atomic mass is 9.94. The first kappa shape index (κ1) is 26.8. The van der Waals surface area contributed by atoms with Gasteiger partial charge in [0, 0.05) is 31.0 Å². The number of rotatable bonds is 10. The number of nitrogens with zero attached hydrogens (tertiary/aromatic N) is 3. The second-order valence-electron chi connectivity index (χ2n) is 9.42. The van der Waals surface area contributed by atoms with Crippen LogP contribution in [0.5, 0.6) is 17.2 Å². The number of imidazole rings is 1. The Hall–Kier alpha value is -4.79. The lowest BCUT2D eigenvalue weighted by molar-refractivity contribution is -0.139. The molecule has 1 aliphatic heterocycles. The molecule has 1 aromatic heterocycles. The number of ether oxygens (including phenoxy) is 3. The number of benzene rings is 3. The Bertz CT molecular complexity index is 1580. The molecule has 1 N–H and O–H groups in total. The van der Waals surface area contributed by atoms with Crippen molar-refractivity contribution in [1.82, 2.24) is 14.5 Å². The van der Waals surface area contributed by atoms with Gasteiger partial charge >= 0.3 is 0 Å². The molecule has 0 aliphatic carbocycles. The monoisotopic (exact) mass is 541 g/mol. The van der Waals surface area contributed by atoms with Crippen LogP contribution >= 0.6 is 0 Å². The van der Waals surface area contributed by atoms with Gasteiger partial charge in [0.15, 0.2) is 11.5 Å². The summed E-state index contributed by atoms with van der Waals surface area (Å²) in [6.45, 7) is 3.26. The Morgan fingerprint density at radius 3 is 2.48 bits per heavy atom. The van der Waals surface area contributed by atoms with Crippen LogP contribution in [0.15, 0.2) is 78.9 Å². The molecule has 2 heterocycles. The van der Waals surface area contributed by atoms with Crippen LogP contribution in [-0.4, -0.2) is 58.6 Å². The average molecular weight is 542 g/mol. The summed E-state index contributed by atoms with van der Waals surface area (Å²) in [4.78, 5) is 32.4. The smallest absolute Gasteiger partial charge is 0.295 e. The summed E-state index contributed by atoms with van der Waals surface area (Å²) in [7, 11) is 3.14. The number of ketones is 1. The Labute approximate surface area is 232 Å². The van der Waals surface area contributed by atoms with Gasteiger partial charge in [-0.15, -0.1) is 0 Å². The van der Waals surface area contributed by atoms with Gasteiger partial charge in [-0.25, -0.2) is 4.98 Å². The van der Waals surface area contributed by atoms with Gasteiger partial charge in [-0.3, -0.25) is 9.59 Å². The fourth-order valence-electron chi connectivity index (χ4n) is 5.08. The van der Waals surface area contributed by atoms with E-state index in [9.17, 15) is 14.7 Å². The number of hydrogen-bond donors (Lipinski definition) is 1. The van der Waals surface area contributed by atoms with Crippen LogP contribution < -0.4 is 14.2 Å². The Morgan fingerprint density at radius 1 is 0.950 bits per heavy atom. The summed E-state index contributed by atoms with van der Waals surface area (Å²) < 4.78 is 18.4. The van der Waals surface area contributed by atoms with E-state index in [1.54, 1.807) is 50.0 Å². The number of amides is 1. The molecule has 0 bridgehead atoms. The molecule has 1 atom stereocenters. The van der Waals surface area contributed by atoms with Crippen molar-refractivity contribution in [3.63, 3.8) is 0 Å². The Morgan fingerprint density at radius 2 is 1.75 bits per heavy atom. The molecule has 9 nitrogen and oxygen atoms in total. The van der Waals surface area contributed by atoms with Crippen LogP contribution in [-0.2, 0) is 16.1 Å². The van der Waals surface area contributed by atoms with E-state index in [4.69, 9.17) is 14.2 Å². The first-order valence-corrected chi connectivity index (χ1v) is 13.1. The van der Waals surface area contributed by atoms with Crippen molar-refractivity contribution in [2.75, 3.05) is 27.4 Å². The van der Waals surface area contributed by atoms with E-state index in [1.807, 2.05) is 42.0 Å².